The van der Waals surface area contributed by atoms with Crippen molar-refractivity contribution in [3.05, 3.63) is 72.9 Å². The van der Waals surface area contributed by atoms with Crippen LogP contribution in [0.1, 0.15) is 136 Å². The molecule has 334 valence electrons. The van der Waals surface area contributed by atoms with Crippen molar-refractivity contribution in [1.82, 2.24) is 0 Å². The first-order chi connectivity index (χ1) is 27.8. The third-order valence-electron chi connectivity index (χ3n) is 8.15. The van der Waals surface area contributed by atoms with Crippen molar-refractivity contribution in [3.8, 4) is 0 Å². The predicted molar refractivity (Wildman–Crippen MR) is 226 cm³/mol. The van der Waals surface area contributed by atoms with Crippen molar-refractivity contribution in [2.24, 2.45) is 0 Å². The van der Waals surface area contributed by atoms with Crippen LogP contribution in [0.5, 0.6) is 0 Å². The average Bonchev–Trinajstić information content (AvgIpc) is 3.17. The summed E-state index contributed by atoms with van der Waals surface area (Å²) in [5.41, 5.74) is 0. The summed E-state index contributed by atoms with van der Waals surface area (Å²) in [6.45, 7) is 1.44. The summed E-state index contributed by atoms with van der Waals surface area (Å²) in [4.78, 5) is 52.6. The minimum absolute atomic E-state index is 0.0163. The lowest BCUT2D eigenvalue weighted by molar-refractivity contribution is -0.161. The van der Waals surface area contributed by atoms with E-state index in [0.717, 1.165) is 51.4 Å². The van der Waals surface area contributed by atoms with Crippen LogP contribution in [-0.2, 0) is 41.8 Å². The maximum atomic E-state index is 12.6. The molecule has 0 aliphatic heterocycles. The Bertz CT molecular complexity index is 1320. The van der Waals surface area contributed by atoms with E-state index in [2.05, 4.69) is 47.2 Å². The quantitative estimate of drug-likeness (QED) is 0.0129. The van der Waals surface area contributed by atoms with Crippen LogP contribution in [0.3, 0.4) is 0 Å². The van der Waals surface area contributed by atoms with Gasteiger partial charge in [0.25, 0.3) is 0 Å². The largest absolute Gasteiger partial charge is 0.472 e. The van der Waals surface area contributed by atoms with Crippen LogP contribution < -0.4 is 0 Å². The minimum atomic E-state index is -4.88. The van der Waals surface area contributed by atoms with Gasteiger partial charge in [-0.25, -0.2) is 9.13 Å². The van der Waals surface area contributed by atoms with Crippen LogP contribution in [0.4, 0.5) is 0 Å². The van der Waals surface area contributed by atoms with Crippen LogP contribution in [0.15, 0.2) is 72.9 Å². The lowest BCUT2D eigenvalue weighted by atomic mass is 10.1. The fourth-order valence-corrected chi connectivity index (χ4v) is 6.15. The van der Waals surface area contributed by atoms with Crippen LogP contribution in [0, 0.1) is 0 Å². The zero-order chi connectivity index (χ0) is 43.2. The summed E-state index contributed by atoms with van der Waals surface area (Å²) in [5, 5.41) is 19.7. The number of phosphoric acid groups is 2. The molecule has 4 atom stereocenters. The number of rotatable bonds is 38. The Labute approximate surface area is 347 Å². The van der Waals surface area contributed by atoms with Gasteiger partial charge in [-0.05, 0) is 70.6 Å². The lowest BCUT2D eigenvalue weighted by Crippen LogP contribution is -2.29. The second-order valence-corrected chi connectivity index (χ2v) is 16.4. The van der Waals surface area contributed by atoms with E-state index >= 15 is 0 Å². The molecular formula is C42H72O14P2. The molecule has 0 saturated heterocycles. The highest BCUT2D eigenvalue weighted by Gasteiger charge is 2.28. The molecule has 0 radical (unpaired) electrons. The molecule has 58 heavy (non-hydrogen) atoms. The summed E-state index contributed by atoms with van der Waals surface area (Å²) >= 11 is 0. The first-order valence-electron chi connectivity index (χ1n) is 20.7. The first kappa shape index (κ1) is 55.5. The van der Waals surface area contributed by atoms with Gasteiger partial charge in [0.2, 0.25) is 0 Å². The zero-order valence-electron chi connectivity index (χ0n) is 34.7. The maximum Gasteiger partial charge on any atom is 0.472 e. The smallest absolute Gasteiger partial charge is 0.462 e. The van der Waals surface area contributed by atoms with Gasteiger partial charge in [0.05, 0.1) is 25.9 Å². The van der Waals surface area contributed by atoms with Gasteiger partial charge in [0, 0.05) is 12.8 Å². The fourth-order valence-electron chi connectivity index (χ4n) is 4.99. The van der Waals surface area contributed by atoms with E-state index in [1.165, 1.54) is 25.7 Å². The Morgan fingerprint density at radius 3 is 1.86 bits per heavy atom. The lowest BCUT2D eigenvalue weighted by Gasteiger charge is -2.20. The molecule has 0 aromatic heterocycles. The summed E-state index contributed by atoms with van der Waals surface area (Å²) < 4.78 is 47.6. The molecule has 0 aliphatic rings. The standard InChI is InChI=1S/C42H72O14P2/c1-3-5-7-9-11-12-13-14-15-16-20-24-28-32-41(45)52-36-40(37-55-58(50,51)54-35-39(44)34-53-57(47,48)49)56-42(46)33-29-25-21-18-17-19-23-27-31-38(43)30-26-22-10-8-6-4-2/h6,8,12-13,18-19,21-23,26-27,31,38-40,43-44H,3-5,7,9-11,14-17,20,24-25,28-30,32-37H2,1-2H3,(H,50,51)(H2,47,48,49)/b8-6-,13-12-,21-18-,23-19-,26-22-,31-27+/t38?,39-,40+/m0/s1. The topological polar surface area (TPSA) is 216 Å². The zero-order valence-corrected chi connectivity index (χ0v) is 36.5. The normalized spacial score (nSPS) is 15.4. The minimum Gasteiger partial charge on any atom is -0.462 e. The molecule has 14 nitrogen and oxygen atoms in total. The van der Waals surface area contributed by atoms with E-state index in [4.69, 9.17) is 23.8 Å². The molecule has 0 amide bonds. The van der Waals surface area contributed by atoms with Crippen LogP contribution >= 0.6 is 15.6 Å². The third-order valence-corrected chi connectivity index (χ3v) is 9.59. The second kappa shape index (κ2) is 37.5. The summed E-state index contributed by atoms with van der Waals surface area (Å²) in [7, 11) is -9.72. The second-order valence-electron chi connectivity index (χ2n) is 13.7. The summed E-state index contributed by atoms with van der Waals surface area (Å²) in [5.74, 6) is -1.16. The van der Waals surface area contributed by atoms with E-state index < -0.39 is 72.3 Å². The molecule has 2 unspecified atom stereocenters. The average molecular weight is 863 g/mol. The van der Waals surface area contributed by atoms with E-state index in [9.17, 15) is 33.8 Å². The molecule has 16 heteroatoms. The maximum absolute atomic E-state index is 12.6. The van der Waals surface area contributed by atoms with Gasteiger partial charge in [-0.1, -0.05) is 125 Å². The number of ether oxygens (including phenoxy) is 2. The van der Waals surface area contributed by atoms with Crippen molar-refractivity contribution in [2.75, 3.05) is 26.4 Å². The number of hydrogen-bond acceptors (Lipinski definition) is 11. The molecule has 0 fully saturated rings. The van der Waals surface area contributed by atoms with Gasteiger partial charge in [0.1, 0.15) is 12.7 Å². The molecule has 5 N–H and O–H groups in total. The van der Waals surface area contributed by atoms with Crippen molar-refractivity contribution in [3.63, 3.8) is 0 Å². The van der Waals surface area contributed by atoms with Gasteiger partial charge in [-0.3, -0.25) is 23.2 Å². The number of esters is 2. The van der Waals surface area contributed by atoms with Crippen LogP contribution in [0.2, 0.25) is 0 Å². The third kappa shape index (κ3) is 40.3. The Kier molecular flexibility index (Phi) is 35.9. The van der Waals surface area contributed by atoms with Gasteiger partial charge in [-0.2, -0.15) is 0 Å². The summed E-state index contributed by atoms with van der Waals surface area (Å²) in [6.07, 6.45) is 36.5. The van der Waals surface area contributed by atoms with Crippen molar-refractivity contribution >= 4 is 27.6 Å². The number of allylic oxidation sites excluding steroid dienone is 10. The molecule has 0 aromatic carbocycles. The SMILES string of the molecule is CC/C=C\C/C=C\CC(O)/C=C/C=C\C/C=C\CCCC(=O)O[C@H](COC(=O)CCCCCCC/C=C\CCCCCC)COP(=O)(O)OC[C@@H](O)COP(=O)(O)O. The van der Waals surface area contributed by atoms with Gasteiger partial charge < -0.3 is 34.4 Å². The Morgan fingerprint density at radius 1 is 0.586 bits per heavy atom. The number of aliphatic hydroxyl groups is 2. The number of unbranched alkanes of at least 4 members (excludes halogenated alkanes) is 10. The first-order valence-corrected chi connectivity index (χ1v) is 23.8. The fraction of sp³-hybridized carbons (Fsp3) is 0.667. The number of carbonyl (C=O) groups excluding carboxylic acids is 2. The van der Waals surface area contributed by atoms with Crippen molar-refractivity contribution < 1.29 is 66.7 Å². The van der Waals surface area contributed by atoms with Crippen LogP contribution in [-0.4, -0.2) is 81.6 Å². The number of hydrogen-bond donors (Lipinski definition) is 5. The molecule has 0 aliphatic carbocycles. The van der Waals surface area contributed by atoms with Gasteiger partial charge in [-0.15, -0.1) is 0 Å². The highest BCUT2D eigenvalue weighted by Crippen LogP contribution is 2.43. The van der Waals surface area contributed by atoms with Gasteiger partial charge >= 0.3 is 27.6 Å². The molecular weight excluding hydrogens is 790 g/mol. The van der Waals surface area contributed by atoms with Crippen LogP contribution in [0.25, 0.3) is 0 Å². The summed E-state index contributed by atoms with van der Waals surface area (Å²) in [6, 6.07) is 0. The Morgan fingerprint density at radius 2 is 1.16 bits per heavy atom. The van der Waals surface area contributed by atoms with E-state index in [0.29, 0.717) is 32.1 Å². The van der Waals surface area contributed by atoms with E-state index in [1.54, 1.807) is 12.2 Å². The van der Waals surface area contributed by atoms with Crippen molar-refractivity contribution in [1.29, 1.82) is 0 Å². The number of aliphatic hydroxyl groups excluding tert-OH is 2. The molecule has 0 spiro atoms. The molecule has 0 heterocycles. The van der Waals surface area contributed by atoms with E-state index in [-0.39, 0.29) is 12.8 Å². The number of phosphoric ester groups is 2. The molecule has 0 rings (SSSR count). The Balaban J connectivity index is 4.74. The van der Waals surface area contributed by atoms with Crippen molar-refractivity contribution in [2.45, 2.75) is 154 Å². The highest BCUT2D eigenvalue weighted by molar-refractivity contribution is 7.47. The van der Waals surface area contributed by atoms with E-state index in [1.807, 2.05) is 36.5 Å². The molecule has 0 bridgehead atoms. The van der Waals surface area contributed by atoms with Gasteiger partial charge in [0.15, 0.2) is 6.10 Å². The molecule has 0 aromatic rings. The number of carbonyl (C=O) groups is 2. The Hall–Kier alpha value is -2.48. The monoisotopic (exact) mass is 862 g/mol. The molecule has 0 saturated carbocycles. The highest BCUT2D eigenvalue weighted by atomic mass is 31.2. The predicted octanol–water partition coefficient (Wildman–Crippen LogP) is 9.19.